The van der Waals surface area contributed by atoms with Crippen molar-refractivity contribution in [3.8, 4) is 11.3 Å². The molecule has 1 heterocycles. The van der Waals surface area contributed by atoms with Crippen molar-refractivity contribution in [2.45, 2.75) is 0 Å². The summed E-state index contributed by atoms with van der Waals surface area (Å²) in [6, 6.07) is 6.67. The van der Waals surface area contributed by atoms with Gasteiger partial charge in [-0.1, -0.05) is 17.3 Å². The first kappa shape index (κ1) is 9.39. The van der Waals surface area contributed by atoms with Gasteiger partial charge in [0.15, 0.2) is 0 Å². The maximum absolute atomic E-state index is 10.8. The van der Waals surface area contributed by atoms with Crippen molar-refractivity contribution in [1.29, 1.82) is 0 Å². The van der Waals surface area contributed by atoms with Crippen LogP contribution in [-0.2, 0) is 7.05 Å². The van der Waals surface area contributed by atoms with E-state index in [9.17, 15) is 4.79 Å². The van der Waals surface area contributed by atoms with Crippen LogP contribution in [0.2, 0.25) is 0 Å². The topological polar surface area (TPSA) is 68.0 Å². The van der Waals surface area contributed by atoms with Crippen LogP contribution in [0.3, 0.4) is 0 Å². The first-order chi connectivity index (χ1) is 7.18. The molecular weight excluding hydrogens is 194 g/mol. The van der Waals surface area contributed by atoms with Crippen molar-refractivity contribution in [3.05, 3.63) is 36.0 Å². The summed E-state index contributed by atoms with van der Waals surface area (Å²) in [7, 11) is 1.76. The molecule has 0 radical (unpaired) electrons. The molecular formula is C10H9N3O2. The quantitative estimate of drug-likeness (QED) is 0.795. The molecule has 0 aliphatic rings. The number of aromatic carboxylic acids is 1. The second kappa shape index (κ2) is 3.53. The number of rotatable bonds is 2. The Bertz CT molecular complexity index is 505. The third-order valence-corrected chi connectivity index (χ3v) is 2.12. The summed E-state index contributed by atoms with van der Waals surface area (Å²) in [5.74, 6) is -0.938. The third-order valence-electron chi connectivity index (χ3n) is 2.12. The number of hydrogen-bond donors (Lipinski definition) is 1. The molecule has 0 aliphatic heterocycles. The van der Waals surface area contributed by atoms with Crippen LogP contribution in [0, 0.1) is 0 Å². The average molecular weight is 203 g/mol. The van der Waals surface area contributed by atoms with Gasteiger partial charge in [0.05, 0.1) is 17.5 Å². The van der Waals surface area contributed by atoms with Crippen molar-refractivity contribution in [2.24, 2.45) is 7.05 Å². The summed E-state index contributed by atoms with van der Waals surface area (Å²) in [5.41, 5.74) is 1.84. The highest BCUT2D eigenvalue weighted by Crippen LogP contribution is 2.18. The smallest absolute Gasteiger partial charge is 0.335 e. The molecule has 0 aliphatic carbocycles. The fourth-order valence-electron chi connectivity index (χ4n) is 1.36. The minimum absolute atomic E-state index is 0.258. The van der Waals surface area contributed by atoms with Crippen LogP contribution in [0.25, 0.3) is 11.3 Å². The van der Waals surface area contributed by atoms with Gasteiger partial charge in [0, 0.05) is 12.6 Å². The lowest BCUT2D eigenvalue weighted by Gasteiger charge is -2.01. The van der Waals surface area contributed by atoms with Gasteiger partial charge in [-0.15, -0.1) is 5.10 Å². The molecule has 0 fully saturated rings. The maximum Gasteiger partial charge on any atom is 0.335 e. The fourth-order valence-corrected chi connectivity index (χ4v) is 1.36. The van der Waals surface area contributed by atoms with Crippen LogP contribution < -0.4 is 0 Å². The van der Waals surface area contributed by atoms with Gasteiger partial charge in [-0.3, -0.25) is 0 Å². The number of hydrogen-bond acceptors (Lipinski definition) is 3. The van der Waals surface area contributed by atoms with Gasteiger partial charge in [0.25, 0.3) is 0 Å². The Hall–Kier alpha value is -2.17. The predicted octanol–water partition coefficient (Wildman–Crippen LogP) is 1.18. The van der Waals surface area contributed by atoms with Crippen LogP contribution in [0.15, 0.2) is 30.5 Å². The molecule has 0 bridgehead atoms. The van der Waals surface area contributed by atoms with E-state index in [0.717, 1.165) is 11.3 Å². The number of aromatic nitrogens is 3. The number of nitrogens with zero attached hydrogens (tertiary/aromatic N) is 3. The Balaban J connectivity index is 2.50. The third kappa shape index (κ3) is 1.71. The number of benzene rings is 1. The zero-order valence-corrected chi connectivity index (χ0v) is 8.08. The maximum atomic E-state index is 10.8. The molecule has 0 amide bonds. The summed E-state index contributed by atoms with van der Waals surface area (Å²) in [5, 5.41) is 16.4. The van der Waals surface area contributed by atoms with E-state index in [1.807, 2.05) is 6.07 Å². The first-order valence-corrected chi connectivity index (χ1v) is 4.37. The highest BCUT2D eigenvalue weighted by atomic mass is 16.4. The molecule has 5 heteroatoms. The summed E-state index contributed by atoms with van der Waals surface area (Å²) < 4.78 is 1.60. The van der Waals surface area contributed by atoms with E-state index >= 15 is 0 Å². The Morgan fingerprint density at radius 3 is 2.87 bits per heavy atom. The largest absolute Gasteiger partial charge is 0.478 e. The minimum atomic E-state index is -0.938. The monoisotopic (exact) mass is 203 g/mol. The van der Waals surface area contributed by atoms with Crippen molar-refractivity contribution in [3.63, 3.8) is 0 Å². The van der Waals surface area contributed by atoms with E-state index in [2.05, 4.69) is 10.3 Å². The van der Waals surface area contributed by atoms with E-state index < -0.39 is 5.97 Å². The second-order valence-corrected chi connectivity index (χ2v) is 3.13. The number of carbonyl (C=O) groups is 1. The van der Waals surface area contributed by atoms with Crippen LogP contribution in [0.1, 0.15) is 10.4 Å². The van der Waals surface area contributed by atoms with Crippen molar-refractivity contribution >= 4 is 5.97 Å². The normalized spacial score (nSPS) is 10.2. The Morgan fingerprint density at radius 1 is 1.47 bits per heavy atom. The molecule has 0 atom stereocenters. The highest BCUT2D eigenvalue weighted by molar-refractivity contribution is 5.89. The van der Waals surface area contributed by atoms with E-state index in [1.54, 1.807) is 36.1 Å². The van der Waals surface area contributed by atoms with E-state index in [4.69, 9.17) is 5.11 Å². The summed E-state index contributed by atoms with van der Waals surface area (Å²) in [4.78, 5) is 10.8. The molecule has 1 aromatic heterocycles. The standard InChI is InChI=1S/C10H9N3O2/c1-13-9(6-11-12-13)7-3-2-4-8(5-7)10(14)15/h2-6H,1H3,(H,14,15). The molecule has 2 aromatic rings. The van der Waals surface area contributed by atoms with Gasteiger partial charge in [0.2, 0.25) is 0 Å². The SMILES string of the molecule is Cn1nncc1-c1cccc(C(=O)O)c1. The van der Waals surface area contributed by atoms with Crippen molar-refractivity contribution < 1.29 is 9.90 Å². The zero-order valence-electron chi connectivity index (χ0n) is 8.08. The van der Waals surface area contributed by atoms with Crippen LogP contribution in [0.5, 0.6) is 0 Å². The Morgan fingerprint density at radius 2 is 2.27 bits per heavy atom. The number of carboxylic acid groups (broad SMARTS) is 1. The molecule has 0 unspecified atom stereocenters. The molecule has 1 N–H and O–H groups in total. The lowest BCUT2D eigenvalue weighted by molar-refractivity contribution is 0.0697. The first-order valence-electron chi connectivity index (χ1n) is 4.37. The summed E-state index contributed by atoms with van der Waals surface area (Å²) in [6.45, 7) is 0. The molecule has 5 nitrogen and oxygen atoms in total. The summed E-state index contributed by atoms with van der Waals surface area (Å²) >= 11 is 0. The van der Waals surface area contributed by atoms with Crippen LogP contribution >= 0.6 is 0 Å². The Kier molecular flexibility index (Phi) is 2.21. The second-order valence-electron chi connectivity index (χ2n) is 3.13. The average Bonchev–Trinajstić information content (AvgIpc) is 2.64. The molecule has 0 saturated heterocycles. The molecule has 76 valence electrons. The molecule has 15 heavy (non-hydrogen) atoms. The molecule has 1 aromatic carbocycles. The van der Waals surface area contributed by atoms with Crippen LogP contribution in [-0.4, -0.2) is 26.1 Å². The zero-order chi connectivity index (χ0) is 10.8. The van der Waals surface area contributed by atoms with E-state index in [-0.39, 0.29) is 5.56 Å². The molecule has 0 spiro atoms. The van der Waals surface area contributed by atoms with Crippen LogP contribution in [0.4, 0.5) is 0 Å². The van der Waals surface area contributed by atoms with Crippen molar-refractivity contribution in [2.75, 3.05) is 0 Å². The number of carboxylic acids is 1. The molecule has 0 saturated carbocycles. The van der Waals surface area contributed by atoms with Gasteiger partial charge in [0.1, 0.15) is 0 Å². The van der Waals surface area contributed by atoms with E-state index in [0.29, 0.717) is 0 Å². The highest BCUT2D eigenvalue weighted by Gasteiger charge is 2.07. The Labute approximate surface area is 86.0 Å². The molecule has 2 rings (SSSR count). The van der Waals surface area contributed by atoms with Gasteiger partial charge < -0.3 is 5.11 Å². The van der Waals surface area contributed by atoms with Gasteiger partial charge in [-0.05, 0) is 12.1 Å². The van der Waals surface area contributed by atoms with Gasteiger partial charge in [-0.25, -0.2) is 9.48 Å². The van der Waals surface area contributed by atoms with Gasteiger partial charge >= 0.3 is 5.97 Å². The lowest BCUT2D eigenvalue weighted by Crippen LogP contribution is -1.98. The lowest BCUT2D eigenvalue weighted by atomic mass is 10.1. The number of aryl methyl sites for hydroxylation is 1. The minimum Gasteiger partial charge on any atom is -0.478 e. The summed E-state index contributed by atoms with van der Waals surface area (Å²) in [6.07, 6.45) is 1.60. The van der Waals surface area contributed by atoms with Crippen molar-refractivity contribution in [1.82, 2.24) is 15.0 Å². The predicted molar refractivity (Wildman–Crippen MR) is 53.4 cm³/mol. The van der Waals surface area contributed by atoms with Gasteiger partial charge in [-0.2, -0.15) is 0 Å². The van der Waals surface area contributed by atoms with E-state index in [1.165, 1.54) is 0 Å². The fraction of sp³-hybridized carbons (Fsp3) is 0.100.